The number of hydrogen-bond acceptors (Lipinski definition) is 6. The maximum absolute atomic E-state index is 11.9. The highest BCUT2D eigenvalue weighted by molar-refractivity contribution is 7.15. The molecule has 0 fully saturated rings. The summed E-state index contributed by atoms with van der Waals surface area (Å²) in [6.45, 7) is 6.33. The zero-order chi connectivity index (χ0) is 17.7. The van der Waals surface area contributed by atoms with Crippen molar-refractivity contribution in [1.82, 2.24) is 10.2 Å². The number of carbonyl (C=O) groups excluding carboxylic acids is 1. The van der Waals surface area contributed by atoms with Gasteiger partial charge in [-0.2, -0.15) is 0 Å². The Labute approximate surface area is 143 Å². The SMILES string of the molecule is CC(C)(C)Cc1nnc(NC(=O)/C=C/c2ccc([N+](=O)[O-])cc2)s1. The predicted molar refractivity (Wildman–Crippen MR) is 93.8 cm³/mol. The summed E-state index contributed by atoms with van der Waals surface area (Å²) in [5, 5.41) is 22.6. The largest absolute Gasteiger partial charge is 0.297 e. The van der Waals surface area contributed by atoms with Crippen LogP contribution in [0.2, 0.25) is 0 Å². The van der Waals surface area contributed by atoms with Crippen LogP contribution in [0, 0.1) is 15.5 Å². The van der Waals surface area contributed by atoms with Crippen LogP contribution in [0.15, 0.2) is 30.3 Å². The van der Waals surface area contributed by atoms with Gasteiger partial charge in [-0.15, -0.1) is 10.2 Å². The van der Waals surface area contributed by atoms with Gasteiger partial charge in [-0.05, 0) is 29.2 Å². The lowest BCUT2D eigenvalue weighted by Gasteiger charge is -2.14. The summed E-state index contributed by atoms with van der Waals surface area (Å²) in [6.07, 6.45) is 3.72. The highest BCUT2D eigenvalue weighted by Gasteiger charge is 2.15. The summed E-state index contributed by atoms with van der Waals surface area (Å²) in [5.74, 6) is -0.327. The smallest absolute Gasteiger partial charge is 0.269 e. The van der Waals surface area contributed by atoms with E-state index in [1.54, 1.807) is 18.2 Å². The van der Waals surface area contributed by atoms with Gasteiger partial charge in [0.05, 0.1) is 4.92 Å². The Hall–Kier alpha value is -2.61. The molecule has 1 aromatic heterocycles. The van der Waals surface area contributed by atoms with E-state index in [1.165, 1.54) is 29.5 Å². The first kappa shape index (κ1) is 17.7. The molecule has 0 unspecified atom stereocenters. The molecular formula is C16H18N4O3S. The number of amides is 1. The van der Waals surface area contributed by atoms with E-state index in [2.05, 4.69) is 36.3 Å². The Morgan fingerprint density at radius 1 is 1.29 bits per heavy atom. The minimum Gasteiger partial charge on any atom is -0.297 e. The molecule has 0 aliphatic heterocycles. The lowest BCUT2D eigenvalue weighted by Crippen LogP contribution is -2.08. The summed E-state index contributed by atoms with van der Waals surface area (Å²) in [4.78, 5) is 22.0. The van der Waals surface area contributed by atoms with Crippen LogP contribution < -0.4 is 5.32 Å². The van der Waals surface area contributed by atoms with Gasteiger partial charge in [-0.25, -0.2) is 0 Å². The Morgan fingerprint density at radius 3 is 2.54 bits per heavy atom. The second kappa shape index (κ2) is 7.31. The Balaban J connectivity index is 1.94. The van der Waals surface area contributed by atoms with Crippen LogP contribution in [0.5, 0.6) is 0 Å². The zero-order valence-corrected chi connectivity index (χ0v) is 14.5. The van der Waals surface area contributed by atoms with Gasteiger partial charge in [-0.1, -0.05) is 32.1 Å². The van der Waals surface area contributed by atoms with Crippen LogP contribution in [0.25, 0.3) is 6.08 Å². The van der Waals surface area contributed by atoms with Crippen molar-refractivity contribution in [3.05, 3.63) is 51.0 Å². The van der Waals surface area contributed by atoms with E-state index in [4.69, 9.17) is 0 Å². The molecule has 0 bridgehead atoms. The number of benzene rings is 1. The third kappa shape index (κ3) is 5.54. The third-order valence-corrected chi connectivity index (χ3v) is 3.75. The normalized spacial score (nSPS) is 11.6. The van der Waals surface area contributed by atoms with Crippen molar-refractivity contribution < 1.29 is 9.72 Å². The second-order valence-electron chi connectivity index (χ2n) is 6.41. The summed E-state index contributed by atoms with van der Waals surface area (Å²) in [5.41, 5.74) is 0.815. The predicted octanol–water partition coefficient (Wildman–Crippen LogP) is 3.69. The monoisotopic (exact) mass is 346 g/mol. The number of nitrogens with zero attached hydrogens (tertiary/aromatic N) is 3. The van der Waals surface area contributed by atoms with Crippen molar-refractivity contribution in [3.63, 3.8) is 0 Å². The minimum absolute atomic E-state index is 0.0110. The molecule has 0 aliphatic rings. The molecule has 1 heterocycles. The highest BCUT2D eigenvalue weighted by atomic mass is 32.1. The molecule has 0 radical (unpaired) electrons. The van der Waals surface area contributed by atoms with E-state index < -0.39 is 4.92 Å². The molecule has 2 aromatic rings. The van der Waals surface area contributed by atoms with Gasteiger partial charge < -0.3 is 0 Å². The van der Waals surface area contributed by atoms with Crippen molar-refractivity contribution in [2.75, 3.05) is 5.32 Å². The van der Waals surface area contributed by atoms with Crippen LogP contribution in [0.4, 0.5) is 10.8 Å². The Morgan fingerprint density at radius 2 is 1.96 bits per heavy atom. The number of non-ortho nitro benzene ring substituents is 1. The fourth-order valence-corrected chi connectivity index (χ4v) is 2.90. The van der Waals surface area contributed by atoms with Crippen LogP contribution >= 0.6 is 11.3 Å². The van der Waals surface area contributed by atoms with Gasteiger partial charge in [0.1, 0.15) is 5.01 Å². The van der Waals surface area contributed by atoms with Gasteiger partial charge in [-0.3, -0.25) is 20.2 Å². The number of nitrogens with one attached hydrogen (secondary N) is 1. The third-order valence-electron chi connectivity index (χ3n) is 2.91. The van der Waals surface area contributed by atoms with Crippen molar-refractivity contribution in [3.8, 4) is 0 Å². The first-order valence-electron chi connectivity index (χ1n) is 7.29. The van der Waals surface area contributed by atoms with Gasteiger partial charge >= 0.3 is 0 Å². The number of nitro groups is 1. The molecule has 2 rings (SSSR count). The molecule has 1 amide bonds. The minimum atomic E-state index is -0.467. The average molecular weight is 346 g/mol. The maximum atomic E-state index is 11.9. The number of rotatable bonds is 5. The zero-order valence-electron chi connectivity index (χ0n) is 13.6. The summed E-state index contributed by atoms with van der Waals surface area (Å²) < 4.78 is 0. The average Bonchev–Trinajstić information content (AvgIpc) is 2.90. The lowest BCUT2D eigenvalue weighted by molar-refractivity contribution is -0.384. The summed E-state index contributed by atoms with van der Waals surface area (Å²) in [7, 11) is 0. The number of nitro benzene ring substituents is 1. The van der Waals surface area contributed by atoms with Gasteiger partial charge in [0.15, 0.2) is 0 Å². The summed E-state index contributed by atoms with van der Waals surface area (Å²) >= 11 is 1.35. The number of aromatic nitrogens is 2. The molecule has 1 aromatic carbocycles. The molecule has 0 atom stereocenters. The molecule has 0 aliphatic carbocycles. The molecule has 0 saturated carbocycles. The highest BCUT2D eigenvalue weighted by Crippen LogP contribution is 2.24. The maximum Gasteiger partial charge on any atom is 0.269 e. The van der Waals surface area contributed by atoms with E-state index in [-0.39, 0.29) is 17.0 Å². The van der Waals surface area contributed by atoms with Crippen LogP contribution in [-0.2, 0) is 11.2 Å². The van der Waals surface area contributed by atoms with E-state index in [0.29, 0.717) is 10.7 Å². The van der Waals surface area contributed by atoms with E-state index >= 15 is 0 Å². The van der Waals surface area contributed by atoms with Crippen molar-refractivity contribution in [1.29, 1.82) is 0 Å². The van der Waals surface area contributed by atoms with E-state index in [9.17, 15) is 14.9 Å². The van der Waals surface area contributed by atoms with E-state index in [1.807, 2.05) is 0 Å². The standard InChI is InChI=1S/C16H18N4O3S/c1-16(2,3)10-14-18-19-15(24-14)17-13(21)9-6-11-4-7-12(8-5-11)20(22)23/h4-9H,10H2,1-3H3,(H,17,19,21)/b9-6+. The van der Waals surface area contributed by atoms with E-state index in [0.717, 1.165) is 11.4 Å². The first-order chi connectivity index (χ1) is 11.2. The molecule has 0 spiro atoms. The van der Waals surface area contributed by atoms with Gasteiger partial charge in [0.2, 0.25) is 11.0 Å². The summed E-state index contributed by atoms with van der Waals surface area (Å²) in [6, 6.07) is 5.94. The molecule has 7 nitrogen and oxygen atoms in total. The molecule has 0 saturated heterocycles. The van der Waals surface area contributed by atoms with Crippen molar-refractivity contribution in [2.45, 2.75) is 27.2 Å². The molecular weight excluding hydrogens is 328 g/mol. The first-order valence-corrected chi connectivity index (χ1v) is 8.10. The second-order valence-corrected chi connectivity index (χ2v) is 7.47. The Bertz CT molecular complexity index is 760. The number of carbonyl (C=O) groups is 1. The topological polar surface area (TPSA) is 98.0 Å². The molecule has 8 heteroatoms. The van der Waals surface area contributed by atoms with Crippen LogP contribution in [0.3, 0.4) is 0 Å². The molecule has 126 valence electrons. The quantitative estimate of drug-likeness (QED) is 0.506. The number of anilines is 1. The molecule has 24 heavy (non-hydrogen) atoms. The lowest BCUT2D eigenvalue weighted by atomic mass is 9.93. The van der Waals surface area contributed by atoms with Gasteiger partial charge in [0, 0.05) is 24.6 Å². The van der Waals surface area contributed by atoms with Crippen LogP contribution in [-0.4, -0.2) is 21.0 Å². The number of hydrogen-bond donors (Lipinski definition) is 1. The Kier molecular flexibility index (Phi) is 5.40. The van der Waals surface area contributed by atoms with Gasteiger partial charge in [0.25, 0.3) is 5.69 Å². The fourth-order valence-electron chi connectivity index (χ4n) is 1.86. The van der Waals surface area contributed by atoms with Crippen molar-refractivity contribution >= 4 is 34.1 Å². The fraction of sp³-hybridized carbons (Fsp3) is 0.312. The van der Waals surface area contributed by atoms with Crippen molar-refractivity contribution in [2.24, 2.45) is 5.41 Å². The molecule has 1 N–H and O–H groups in total. The van der Waals surface area contributed by atoms with Crippen LogP contribution in [0.1, 0.15) is 31.3 Å².